The van der Waals surface area contributed by atoms with Gasteiger partial charge in [-0.2, -0.15) is 0 Å². The number of ketones is 1. The molecule has 3 atom stereocenters. The molecule has 0 spiro atoms. The van der Waals surface area contributed by atoms with E-state index in [2.05, 4.69) is 47.0 Å². The van der Waals surface area contributed by atoms with E-state index in [4.69, 9.17) is 9.72 Å². The van der Waals surface area contributed by atoms with Crippen molar-refractivity contribution in [2.45, 2.75) is 43.6 Å². The Bertz CT molecular complexity index is 1960. The molecule has 0 aliphatic carbocycles. The fourth-order valence-electron chi connectivity index (χ4n) is 6.54. The van der Waals surface area contributed by atoms with Crippen LogP contribution in [0, 0.1) is 0 Å². The molecule has 0 fully saturated rings. The van der Waals surface area contributed by atoms with Crippen LogP contribution in [0.2, 0.25) is 0 Å². The number of nitrogens with zero attached hydrogens (tertiary/aromatic N) is 2. The molecule has 1 aromatic heterocycles. The Morgan fingerprint density at radius 1 is 0.731 bits per heavy atom. The van der Waals surface area contributed by atoms with Gasteiger partial charge in [0.15, 0.2) is 11.8 Å². The van der Waals surface area contributed by atoms with E-state index in [1.54, 1.807) is 13.3 Å². The molecule has 6 aromatic rings. The molecule has 3 N–H and O–H groups in total. The lowest BCUT2D eigenvalue weighted by Gasteiger charge is -2.37. The summed E-state index contributed by atoms with van der Waals surface area (Å²) in [5.74, 6) is -2.10. The Balaban J connectivity index is 1.36. The van der Waals surface area contributed by atoms with Crippen LogP contribution in [0.1, 0.15) is 46.5 Å². The van der Waals surface area contributed by atoms with Gasteiger partial charge >= 0.3 is 12.1 Å². The maximum Gasteiger partial charge on any atom is 0.408 e. The van der Waals surface area contributed by atoms with Crippen molar-refractivity contribution >= 4 is 17.8 Å². The molecule has 5 aromatic carbocycles. The molecule has 1 heterocycles. The third-order valence-electron chi connectivity index (χ3n) is 9.11. The van der Waals surface area contributed by atoms with Crippen molar-refractivity contribution in [1.82, 2.24) is 20.2 Å². The number of nitrogens with one attached hydrogen (secondary N) is 2. The zero-order chi connectivity index (χ0) is 36.3. The molecule has 262 valence electrons. The fraction of sp³-hybridized carbons (Fsp3) is 0.163. The first-order valence-corrected chi connectivity index (χ1v) is 17.1. The number of carbonyl (C=O) groups excluding carboxylic acids is 2. The predicted octanol–water partition coefficient (Wildman–Crippen LogP) is 6.93. The minimum absolute atomic E-state index is 0.0262. The maximum atomic E-state index is 14.2. The number of benzene rings is 5. The molecule has 0 saturated heterocycles. The molecule has 0 aliphatic heterocycles. The first-order valence-electron chi connectivity index (χ1n) is 17.1. The normalized spacial score (nSPS) is 13.0. The van der Waals surface area contributed by atoms with Crippen molar-refractivity contribution in [3.8, 4) is 0 Å². The Hall–Kier alpha value is -6.32. The van der Waals surface area contributed by atoms with E-state index < -0.39 is 41.5 Å². The number of aromatic nitrogens is 2. The first-order chi connectivity index (χ1) is 25.4. The fourth-order valence-corrected chi connectivity index (χ4v) is 6.54. The number of imidazole rings is 1. The molecular weight excluding hydrogens is 652 g/mol. The number of alkyl carbamates (subject to hydrolysis) is 1. The van der Waals surface area contributed by atoms with E-state index in [1.807, 2.05) is 126 Å². The summed E-state index contributed by atoms with van der Waals surface area (Å²) in [6.45, 7) is 1.76. The molecule has 9 nitrogen and oxygen atoms in total. The molecule has 0 bridgehead atoms. The van der Waals surface area contributed by atoms with Gasteiger partial charge in [-0.05, 0) is 34.7 Å². The zero-order valence-electron chi connectivity index (χ0n) is 28.7. The third kappa shape index (κ3) is 8.01. The summed E-state index contributed by atoms with van der Waals surface area (Å²) in [6.07, 6.45) is 2.61. The van der Waals surface area contributed by atoms with Gasteiger partial charge in [-0.25, -0.2) is 9.78 Å². The highest BCUT2D eigenvalue weighted by molar-refractivity contribution is 6.06. The quantitative estimate of drug-likeness (QED) is 0.0788. The van der Waals surface area contributed by atoms with Gasteiger partial charge in [0, 0.05) is 18.7 Å². The van der Waals surface area contributed by atoms with Crippen LogP contribution in [-0.4, -0.2) is 44.6 Å². The standard InChI is InChI=1S/C43H40N4O5/c1-31(33-19-9-3-10-20-33)45-39(41(49)50)40(48)38(46-42(51)52-29-32-17-7-2-8-18-32)27-37-28-47(30-44-37)43(34-21-11-4-12-22-34,35-23-13-5-14-24-35)36-25-15-6-16-26-36/h2-26,28,30-31,38-39,45H,27,29H2,1H3,(H,46,51)(H,49,50)/t31-,38-,39?/m0/s1. The first kappa shape index (κ1) is 35.5. The van der Waals surface area contributed by atoms with Gasteiger partial charge in [-0.15, -0.1) is 0 Å². The van der Waals surface area contributed by atoms with Crippen molar-refractivity contribution in [1.29, 1.82) is 0 Å². The highest BCUT2D eigenvalue weighted by Crippen LogP contribution is 2.40. The van der Waals surface area contributed by atoms with E-state index in [0.717, 1.165) is 27.8 Å². The Morgan fingerprint density at radius 3 is 1.71 bits per heavy atom. The minimum Gasteiger partial charge on any atom is -0.480 e. The molecule has 6 rings (SSSR count). The van der Waals surface area contributed by atoms with Crippen molar-refractivity contribution < 1.29 is 24.2 Å². The highest BCUT2D eigenvalue weighted by atomic mass is 16.5. The summed E-state index contributed by atoms with van der Waals surface area (Å²) >= 11 is 0. The number of rotatable bonds is 15. The summed E-state index contributed by atoms with van der Waals surface area (Å²) in [5.41, 5.74) is 4.14. The van der Waals surface area contributed by atoms with Crippen LogP contribution in [-0.2, 0) is 32.9 Å². The third-order valence-corrected chi connectivity index (χ3v) is 9.11. The average Bonchev–Trinajstić information content (AvgIpc) is 3.66. The number of carboxylic acids is 1. The van der Waals surface area contributed by atoms with Crippen molar-refractivity contribution in [2.75, 3.05) is 0 Å². The van der Waals surface area contributed by atoms with Crippen LogP contribution < -0.4 is 10.6 Å². The second-order valence-electron chi connectivity index (χ2n) is 12.5. The monoisotopic (exact) mass is 692 g/mol. The van der Waals surface area contributed by atoms with Crippen LogP contribution in [0.25, 0.3) is 0 Å². The molecule has 0 saturated carbocycles. The lowest BCUT2D eigenvalue weighted by Crippen LogP contribution is -2.54. The summed E-state index contributed by atoms with van der Waals surface area (Å²) in [4.78, 5) is 44.7. The van der Waals surface area contributed by atoms with Gasteiger partial charge in [-0.1, -0.05) is 152 Å². The van der Waals surface area contributed by atoms with Crippen LogP contribution in [0.3, 0.4) is 0 Å². The largest absolute Gasteiger partial charge is 0.480 e. The second-order valence-corrected chi connectivity index (χ2v) is 12.5. The van der Waals surface area contributed by atoms with Crippen LogP contribution in [0.5, 0.6) is 0 Å². The molecule has 1 amide bonds. The van der Waals surface area contributed by atoms with Gasteiger partial charge in [0.25, 0.3) is 0 Å². The smallest absolute Gasteiger partial charge is 0.408 e. The van der Waals surface area contributed by atoms with Crippen LogP contribution >= 0.6 is 0 Å². The predicted molar refractivity (Wildman–Crippen MR) is 199 cm³/mol. The molecular formula is C43H40N4O5. The average molecular weight is 693 g/mol. The lowest BCUT2D eigenvalue weighted by molar-refractivity contribution is -0.144. The number of hydrogen-bond donors (Lipinski definition) is 3. The topological polar surface area (TPSA) is 123 Å². The van der Waals surface area contributed by atoms with Crippen molar-refractivity contribution in [3.63, 3.8) is 0 Å². The SMILES string of the molecule is C[C@H](NC(C(=O)O)C(=O)[C@H](Cc1cn(C(c2ccccc2)(c2ccccc2)c2ccccc2)cn1)NC(=O)OCc1ccccc1)c1ccccc1. The van der Waals surface area contributed by atoms with Gasteiger partial charge < -0.3 is 19.7 Å². The lowest BCUT2D eigenvalue weighted by atomic mass is 9.77. The van der Waals surface area contributed by atoms with Gasteiger partial charge in [-0.3, -0.25) is 14.9 Å². The van der Waals surface area contributed by atoms with Crippen LogP contribution in [0.15, 0.2) is 164 Å². The minimum atomic E-state index is -1.63. The molecule has 1 unspecified atom stereocenters. The zero-order valence-corrected chi connectivity index (χ0v) is 28.7. The van der Waals surface area contributed by atoms with Crippen LogP contribution in [0.4, 0.5) is 4.79 Å². The number of hydrogen-bond acceptors (Lipinski definition) is 6. The van der Waals surface area contributed by atoms with E-state index in [-0.39, 0.29) is 13.0 Å². The highest BCUT2D eigenvalue weighted by Gasteiger charge is 2.39. The molecule has 9 heteroatoms. The number of carboxylic acid groups (broad SMARTS) is 1. The molecule has 0 aliphatic rings. The van der Waals surface area contributed by atoms with Crippen molar-refractivity contribution in [2.24, 2.45) is 0 Å². The second kappa shape index (κ2) is 16.6. The maximum absolute atomic E-state index is 14.2. The summed E-state index contributed by atoms with van der Waals surface area (Å²) < 4.78 is 7.48. The van der Waals surface area contributed by atoms with E-state index in [0.29, 0.717) is 5.69 Å². The number of ether oxygens (including phenoxy) is 1. The number of aliphatic carboxylic acids is 1. The van der Waals surface area contributed by atoms with Gasteiger partial charge in [0.05, 0.1) is 18.1 Å². The van der Waals surface area contributed by atoms with Gasteiger partial charge in [0.2, 0.25) is 0 Å². The Kier molecular flexibility index (Phi) is 11.3. The number of Topliss-reactive ketones (excluding diaryl/α,β-unsaturated/α-hetero) is 1. The van der Waals surface area contributed by atoms with Gasteiger partial charge in [0.1, 0.15) is 12.1 Å². The molecule has 52 heavy (non-hydrogen) atoms. The Morgan fingerprint density at radius 2 is 1.21 bits per heavy atom. The number of carbonyl (C=O) groups is 3. The van der Waals surface area contributed by atoms with E-state index >= 15 is 0 Å². The number of amides is 1. The van der Waals surface area contributed by atoms with E-state index in [1.165, 1.54) is 0 Å². The summed E-state index contributed by atoms with van der Waals surface area (Å²) in [5, 5.41) is 15.9. The Labute approximate surface area is 302 Å². The van der Waals surface area contributed by atoms with E-state index in [9.17, 15) is 19.5 Å². The van der Waals surface area contributed by atoms with Crippen molar-refractivity contribution in [3.05, 3.63) is 198 Å². The summed E-state index contributed by atoms with van der Waals surface area (Å²) in [7, 11) is 0. The summed E-state index contributed by atoms with van der Waals surface area (Å²) in [6, 6.07) is 45.2. The molecule has 0 radical (unpaired) electrons.